The molecule has 0 aliphatic carbocycles. The van der Waals surface area contributed by atoms with E-state index >= 15 is 0 Å². The molecular weight excluding hydrogens is 321 g/mol. The Balaban J connectivity index is 2.34. The van der Waals surface area contributed by atoms with E-state index in [0.29, 0.717) is 6.42 Å². The van der Waals surface area contributed by atoms with Gasteiger partial charge in [0.15, 0.2) is 0 Å². The molecule has 5 nitrogen and oxygen atoms in total. The van der Waals surface area contributed by atoms with Crippen molar-refractivity contribution >= 4 is 10.0 Å². The molecule has 1 heterocycles. The SMILES string of the molecule is CC1CN(S(=O)(=O)c2ccccc2OC(F)(F)F)CCC1N. The van der Waals surface area contributed by atoms with E-state index < -0.39 is 27.0 Å². The first kappa shape index (κ1) is 17.0. The van der Waals surface area contributed by atoms with E-state index in [1.165, 1.54) is 12.1 Å². The minimum Gasteiger partial charge on any atom is -0.404 e. The van der Waals surface area contributed by atoms with Gasteiger partial charge in [-0.25, -0.2) is 8.42 Å². The van der Waals surface area contributed by atoms with Crippen molar-refractivity contribution in [1.82, 2.24) is 4.31 Å². The van der Waals surface area contributed by atoms with E-state index in [-0.39, 0.29) is 25.0 Å². The summed E-state index contributed by atoms with van der Waals surface area (Å²) in [7, 11) is -4.07. The fourth-order valence-corrected chi connectivity index (χ4v) is 4.02. The third-order valence-corrected chi connectivity index (χ3v) is 5.53. The summed E-state index contributed by atoms with van der Waals surface area (Å²) in [5.41, 5.74) is 5.84. The topological polar surface area (TPSA) is 72.6 Å². The van der Waals surface area contributed by atoms with Gasteiger partial charge in [-0.3, -0.25) is 0 Å². The van der Waals surface area contributed by atoms with E-state index in [4.69, 9.17) is 5.73 Å². The van der Waals surface area contributed by atoms with Crippen LogP contribution in [0.3, 0.4) is 0 Å². The van der Waals surface area contributed by atoms with Crippen molar-refractivity contribution in [2.24, 2.45) is 11.7 Å². The quantitative estimate of drug-likeness (QED) is 0.914. The minimum atomic E-state index is -4.96. The molecule has 22 heavy (non-hydrogen) atoms. The van der Waals surface area contributed by atoms with E-state index in [9.17, 15) is 21.6 Å². The van der Waals surface area contributed by atoms with Crippen LogP contribution in [0, 0.1) is 5.92 Å². The summed E-state index contributed by atoms with van der Waals surface area (Å²) >= 11 is 0. The van der Waals surface area contributed by atoms with Gasteiger partial charge in [0.2, 0.25) is 10.0 Å². The van der Waals surface area contributed by atoms with Gasteiger partial charge in [-0.15, -0.1) is 13.2 Å². The Hall–Kier alpha value is -1.32. The lowest BCUT2D eigenvalue weighted by molar-refractivity contribution is -0.275. The molecule has 0 aromatic heterocycles. The number of nitrogens with two attached hydrogens (primary N) is 1. The normalized spacial score (nSPS) is 24.2. The van der Waals surface area contributed by atoms with Crippen LogP contribution in [0.25, 0.3) is 0 Å². The molecule has 1 aromatic rings. The van der Waals surface area contributed by atoms with Crippen molar-refractivity contribution < 1.29 is 26.3 Å². The number of ether oxygens (including phenoxy) is 1. The molecule has 1 aromatic carbocycles. The average molecular weight is 338 g/mol. The number of rotatable bonds is 3. The largest absolute Gasteiger partial charge is 0.573 e. The maximum Gasteiger partial charge on any atom is 0.573 e. The van der Waals surface area contributed by atoms with Gasteiger partial charge in [0.1, 0.15) is 10.6 Å². The molecule has 2 N–H and O–H groups in total. The lowest BCUT2D eigenvalue weighted by Crippen LogP contribution is -2.48. The zero-order valence-corrected chi connectivity index (χ0v) is 12.7. The number of benzene rings is 1. The summed E-state index contributed by atoms with van der Waals surface area (Å²) in [5, 5.41) is 0. The highest BCUT2D eigenvalue weighted by atomic mass is 32.2. The van der Waals surface area contributed by atoms with Gasteiger partial charge in [-0.1, -0.05) is 19.1 Å². The third kappa shape index (κ3) is 3.71. The maximum atomic E-state index is 12.6. The van der Waals surface area contributed by atoms with Crippen LogP contribution >= 0.6 is 0 Å². The third-order valence-electron chi connectivity index (χ3n) is 3.63. The Morgan fingerprint density at radius 2 is 1.95 bits per heavy atom. The Labute approximate surface area is 126 Å². The van der Waals surface area contributed by atoms with Crippen LogP contribution in [0.1, 0.15) is 13.3 Å². The molecule has 124 valence electrons. The lowest BCUT2D eigenvalue weighted by Gasteiger charge is -2.34. The molecule has 1 fully saturated rings. The van der Waals surface area contributed by atoms with Crippen LogP contribution in [-0.2, 0) is 10.0 Å². The Morgan fingerprint density at radius 3 is 2.55 bits per heavy atom. The number of hydrogen-bond donors (Lipinski definition) is 1. The van der Waals surface area contributed by atoms with Crippen LogP contribution in [0.4, 0.5) is 13.2 Å². The molecule has 1 aliphatic rings. The van der Waals surface area contributed by atoms with E-state index in [2.05, 4.69) is 4.74 Å². The van der Waals surface area contributed by atoms with Crippen LogP contribution < -0.4 is 10.5 Å². The van der Waals surface area contributed by atoms with Crippen molar-refractivity contribution in [2.45, 2.75) is 30.6 Å². The summed E-state index contributed by atoms with van der Waals surface area (Å²) < 4.78 is 67.4. The molecule has 0 radical (unpaired) electrons. The highest BCUT2D eigenvalue weighted by molar-refractivity contribution is 7.89. The second-order valence-corrected chi connectivity index (χ2v) is 7.19. The van der Waals surface area contributed by atoms with Crippen LogP contribution in [0.15, 0.2) is 29.2 Å². The molecule has 0 saturated carbocycles. The molecule has 1 saturated heterocycles. The number of piperidine rings is 1. The molecule has 0 spiro atoms. The van der Waals surface area contributed by atoms with Gasteiger partial charge in [0, 0.05) is 19.1 Å². The van der Waals surface area contributed by atoms with Crippen molar-refractivity contribution in [1.29, 1.82) is 0 Å². The van der Waals surface area contributed by atoms with E-state index in [0.717, 1.165) is 16.4 Å². The molecule has 1 aliphatic heterocycles. The predicted molar refractivity (Wildman–Crippen MR) is 73.6 cm³/mol. The highest BCUT2D eigenvalue weighted by Gasteiger charge is 2.37. The number of nitrogens with zero attached hydrogens (tertiary/aromatic N) is 1. The second kappa shape index (κ2) is 6.05. The first-order valence-corrected chi connectivity index (χ1v) is 8.16. The van der Waals surface area contributed by atoms with E-state index in [1.807, 2.05) is 6.92 Å². The molecule has 2 unspecified atom stereocenters. The number of halogens is 3. The molecule has 0 amide bonds. The number of para-hydroxylation sites is 1. The molecule has 9 heteroatoms. The number of alkyl halides is 3. The summed E-state index contributed by atoms with van der Waals surface area (Å²) in [4.78, 5) is -0.491. The average Bonchev–Trinajstić information content (AvgIpc) is 2.40. The molecular formula is C13H17F3N2O3S. The summed E-state index contributed by atoms with van der Waals surface area (Å²) in [6, 6.07) is 4.62. The van der Waals surface area contributed by atoms with Crippen molar-refractivity contribution in [3.8, 4) is 5.75 Å². The van der Waals surface area contributed by atoms with Gasteiger partial charge in [-0.2, -0.15) is 4.31 Å². The monoisotopic (exact) mass is 338 g/mol. The molecule has 0 bridgehead atoms. The van der Waals surface area contributed by atoms with Gasteiger partial charge < -0.3 is 10.5 Å². The fourth-order valence-electron chi connectivity index (χ4n) is 2.36. The second-order valence-electron chi connectivity index (χ2n) is 5.29. The summed E-state index contributed by atoms with van der Waals surface area (Å²) in [6.45, 7) is 2.16. The van der Waals surface area contributed by atoms with Gasteiger partial charge in [0.05, 0.1) is 0 Å². The van der Waals surface area contributed by atoms with Crippen molar-refractivity contribution in [3.63, 3.8) is 0 Å². The minimum absolute atomic E-state index is 0.0702. The molecule has 2 rings (SSSR count). The van der Waals surface area contributed by atoms with Gasteiger partial charge >= 0.3 is 6.36 Å². The smallest absolute Gasteiger partial charge is 0.404 e. The van der Waals surface area contributed by atoms with Crippen LogP contribution in [0.2, 0.25) is 0 Å². The Kier molecular flexibility index (Phi) is 4.69. The molecule has 2 atom stereocenters. The van der Waals surface area contributed by atoms with Gasteiger partial charge in [0.25, 0.3) is 0 Å². The van der Waals surface area contributed by atoms with Crippen molar-refractivity contribution in [3.05, 3.63) is 24.3 Å². The standard InChI is InChI=1S/C13H17F3N2O3S/c1-9-8-18(7-6-10(9)17)22(19,20)12-5-3-2-4-11(12)21-13(14,15)16/h2-5,9-10H,6-8,17H2,1H3. The van der Waals surface area contributed by atoms with Crippen LogP contribution in [-0.4, -0.2) is 38.2 Å². The summed E-state index contributed by atoms with van der Waals surface area (Å²) in [6.07, 6.45) is -4.49. The first-order chi connectivity index (χ1) is 10.1. The van der Waals surface area contributed by atoms with Crippen molar-refractivity contribution in [2.75, 3.05) is 13.1 Å². The highest BCUT2D eigenvalue weighted by Crippen LogP contribution is 2.32. The van der Waals surface area contributed by atoms with E-state index in [1.54, 1.807) is 0 Å². The first-order valence-electron chi connectivity index (χ1n) is 6.72. The lowest BCUT2D eigenvalue weighted by atomic mass is 9.96. The summed E-state index contributed by atoms with van der Waals surface area (Å²) in [5.74, 6) is -0.795. The van der Waals surface area contributed by atoms with Gasteiger partial charge in [-0.05, 0) is 24.5 Å². The fraction of sp³-hybridized carbons (Fsp3) is 0.538. The zero-order chi connectivity index (χ0) is 16.5. The Bertz CT molecular complexity index is 634. The number of sulfonamides is 1. The van der Waals surface area contributed by atoms with Crippen LogP contribution in [0.5, 0.6) is 5.75 Å². The maximum absolute atomic E-state index is 12.6. The number of hydrogen-bond acceptors (Lipinski definition) is 4. The predicted octanol–water partition coefficient (Wildman–Crippen LogP) is 1.94. The zero-order valence-electron chi connectivity index (χ0n) is 11.9. The Morgan fingerprint density at radius 1 is 1.32 bits per heavy atom.